The first-order valence-corrected chi connectivity index (χ1v) is 5.85. The Balaban J connectivity index is 2.78. The van der Waals surface area contributed by atoms with Gasteiger partial charge in [0.1, 0.15) is 5.82 Å². The van der Waals surface area contributed by atoms with Gasteiger partial charge in [-0.3, -0.25) is 4.57 Å². The van der Waals surface area contributed by atoms with Crippen LogP contribution >= 0.6 is 11.6 Å². The number of benzene rings is 1. The lowest BCUT2D eigenvalue weighted by Crippen LogP contribution is -2.10. The molecule has 1 aromatic heterocycles. The normalized spacial score (nSPS) is 10.7. The van der Waals surface area contributed by atoms with Crippen LogP contribution in [0.1, 0.15) is 27.6 Å². The minimum atomic E-state index is -0.993. The lowest BCUT2D eigenvalue weighted by atomic mass is 10.2. The number of hydrogen-bond donors (Lipinski definition) is 1. The molecule has 0 atom stereocenters. The average Bonchev–Trinajstić information content (AvgIpc) is 2.57. The smallest absolute Gasteiger partial charge is 0.354 e. The van der Waals surface area contributed by atoms with Crippen LogP contribution in [-0.4, -0.2) is 20.6 Å². The molecule has 5 heteroatoms. The summed E-state index contributed by atoms with van der Waals surface area (Å²) in [6.07, 6.45) is 0. The highest BCUT2D eigenvalue weighted by Crippen LogP contribution is 2.24. The van der Waals surface area contributed by atoms with Crippen LogP contribution in [0, 0.1) is 20.8 Å². The molecule has 0 aliphatic heterocycles. The van der Waals surface area contributed by atoms with Crippen LogP contribution in [0.2, 0.25) is 5.02 Å². The molecule has 0 aliphatic rings. The zero-order valence-electron chi connectivity index (χ0n) is 10.4. The van der Waals surface area contributed by atoms with Crippen LogP contribution in [0.5, 0.6) is 0 Å². The van der Waals surface area contributed by atoms with Crippen molar-refractivity contribution in [3.63, 3.8) is 0 Å². The predicted molar refractivity (Wildman–Crippen MR) is 69.7 cm³/mol. The quantitative estimate of drug-likeness (QED) is 0.907. The van der Waals surface area contributed by atoms with E-state index in [1.165, 1.54) is 0 Å². The highest BCUT2D eigenvalue weighted by Gasteiger charge is 2.20. The van der Waals surface area contributed by atoms with E-state index in [0.29, 0.717) is 16.5 Å². The van der Waals surface area contributed by atoms with Gasteiger partial charge in [0, 0.05) is 5.02 Å². The molecule has 0 saturated heterocycles. The van der Waals surface area contributed by atoms with E-state index < -0.39 is 5.97 Å². The molecule has 0 radical (unpaired) electrons. The van der Waals surface area contributed by atoms with Crippen LogP contribution in [0.3, 0.4) is 0 Å². The lowest BCUT2D eigenvalue weighted by molar-refractivity contribution is 0.0687. The van der Waals surface area contributed by atoms with Crippen molar-refractivity contribution in [1.82, 2.24) is 9.55 Å². The Bertz CT molecular complexity index is 632. The Morgan fingerprint density at radius 2 is 2.00 bits per heavy atom. The van der Waals surface area contributed by atoms with Gasteiger partial charge >= 0.3 is 5.97 Å². The molecule has 94 valence electrons. The number of hydrogen-bond acceptors (Lipinski definition) is 2. The van der Waals surface area contributed by atoms with E-state index >= 15 is 0 Å². The summed E-state index contributed by atoms with van der Waals surface area (Å²) < 4.78 is 1.62. The summed E-state index contributed by atoms with van der Waals surface area (Å²) >= 11 is 5.98. The standard InChI is InChI=1S/C13H13ClN2O2/c1-7-4-5-10(14)6-11(7)16-9(3)15-8(2)12(16)13(17)18/h4-6H,1-3H3,(H,17,18). The first-order chi connectivity index (χ1) is 8.41. The summed E-state index contributed by atoms with van der Waals surface area (Å²) in [6.45, 7) is 5.37. The monoisotopic (exact) mass is 264 g/mol. The fraction of sp³-hybridized carbons (Fsp3) is 0.231. The second kappa shape index (κ2) is 4.46. The highest BCUT2D eigenvalue weighted by atomic mass is 35.5. The van der Waals surface area contributed by atoms with Crippen LogP contribution < -0.4 is 0 Å². The van der Waals surface area contributed by atoms with Crippen molar-refractivity contribution < 1.29 is 9.90 Å². The number of carbonyl (C=O) groups is 1. The second-order valence-corrected chi connectivity index (χ2v) is 4.60. The minimum Gasteiger partial charge on any atom is -0.477 e. The average molecular weight is 265 g/mol. The van der Waals surface area contributed by atoms with E-state index in [1.807, 2.05) is 13.0 Å². The van der Waals surface area contributed by atoms with Crippen molar-refractivity contribution in [2.24, 2.45) is 0 Å². The van der Waals surface area contributed by atoms with Crippen molar-refractivity contribution in [2.75, 3.05) is 0 Å². The maximum Gasteiger partial charge on any atom is 0.354 e. The molecule has 2 rings (SSSR count). The summed E-state index contributed by atoms with van der Waals surface area (Å²) in [5, 5.41) is 9.85. The fourth-order valence-corrected chi connectivity index (χ4v) is 2.20. The van der Waals surface area contributed by atoms with Crippen LogP contribution in [-0.2, 0) is 0 Å². The fourth-order valence-electron chi connectivity index (χ4n) is 2.04. The summed E-state index contributed by atoms with van der Waals surface area (Å²) in [6, 6.07) is 5.38. The highest BCUT2D eigenvalue weighted by molar-refractivity contribution is 6.30. The van der Waals surface area contributed by atoms with Crippen LogP contribution in [0.25, 0.3) is 5.69 Å². The van der Waals surface area contributed by atoms with E-state index in [2.05, 4.69) is 4.98 Å². The molecule has 1 heterocycles. The van der Waals surface area contributed by atoms with E-state index in [-0.39, 0.29) is 5.69 Å². The van der Waals surface area contributed by atoms with Gasteiger partial charge in [-0.05, 0) is 38.5 Å². The predicted octanol–water partition coefficient (Wildman–Crippen LogP) is 3.15. The van der Waals surface area contributed by atoms with Gasteiger partial charge in [-0.2, -0.15) is 0 Å². The van der Waals surface area contributed by atoms with E-state index in [1.54, 1.807) is 30.5 Å². The first kappa shape index (κ1) is 12.6. The minimum absolute atomic E-state index is 0.179. The summed E-state index contributed by atoms with van der Waals surface area (Å²) in [4.78, 5) is 15.6. The first-order valence-electron chi connectivity index (χ1n) is 5.47. The molecular formula is C13H13ClN2O2. The number of carboxylic acid groups (broad SMARTS) is 1. The number of aryl methyl sites for hydroxylation is 3. The number of imidazole rings is 1. The summed E-state index contributed by atoms with van der Waals surface area (Å²) in [5.74, 6) is -0.359. The van der Waals surface area contributed by atoms with Crippen LogP contribution in [0.15, 0.2) is 18.2 Å². The second-order valence-electron chi connectivity index (χ2n) is 4.16. The van der Waals surface area contributed by atoms with Gasteiger partial charge in [0.15, 0.2) is 5.69 Å². The van der Waals surface area contributed by atoms with Gasteiger partial charge in [0.2, 0.25) is 0 Å². The summed E-state index contributed by atoms with van der Waals surface area (Å²) in [5.41, 5.74) is 2.37. The van der Waals surface area contributed by atoms with Gasteiger partial charge in [-0.1, -0.05) is 17.7 Å². The molecule has 4 nitrogen and oxygen atoms in total. The van der Waals surface area contributed by atoms with E-state index in [4.69, 9.17) is 11.6 Å². The topological polar surface area (TPSA) is 55.1 Å². The van der Waals surface area contributed by atoms with E-state index in [9.17, 15) is 9.90 Å². The molecule has 1 N–H and O–H groups in total. The van der Waals surface area contributed by atoms with E-state index in [0.717, 1.165) is 11.3 Å². The maximum atomic E-state index is 11.3. The van der Waals surface area contributed by atoms with Gasteiger partial charge < -0.3 is 5.11 Å². The Hall–Kier alpha value is -1.81. The Morgan fingerprint density at radius 1 is 1.33 bits per heavy atom. The molecule has 0 fully saturated rings. The van der Waals surface area contributed by atoms with Gasteiger partial charge in [-0.25, -0.2) is 9.78 Å². The molecule has 0 aliphatic carbocycles. The number of halogens is 1. The number of nitrogens with zero attached hydrogens (tertiary/aromatic N) is 2. The number of rotatable bonds is 2. The molecule has 0 unspecified atom stereocenters. The molecule has 0 saturated carbocycles. The number of aromatic carboxylic acids is 1. The van der Waals surface area contributed by atoms with Crippen molar-refractivity contribution in [3.8, 4) is 5.69 Å². The van der Waals surface area contributed by atoms with Crippen molar-refractivity contribution in [1.29, 1.82) is 0 Å². The molecule has 0 amide bonds. The third-order valence-electron chi connectivity index (χ3n) is 2.83. The SMILES string of the molecule is Cc1ccc(Cl)cc1-n1c(C)nc(C)c1C(=O)O. The van der Waals surface area contributed by atoms with Crippen molar-refractivity contribution in [2.45, 2.75) is 20.8 Å². The van der Waals surface area contributed by atoms with Gasteiger partial charge in [0.25, 0.3) is 0 Å². The Labute approximate surface area is 110 Å². The van der Waals surface area contributed by atoms with Gasteiger partial charge in [-0.15, -0.1) is 0 Å². The van der Waals surface area contributed by atoms with Crippen molar-refractivity contribution >= 4 is 17.6 Å². The van der Waals surface area contributed by atoms with Crippen LogP contribution in [0.4, 0.5) is 0 Å². The lowest BCUT2D eigenvalue weighted by Gasteiger charge is -2.11. The Kier molecular flexibility index (Phi) is 3.13. The molecule has 2 aromatic rings. The largest absolute Gasteiger partial charge is 0.477 e. The zero-order chi connectivity index (χ0) is 13.4. The Morgan fingerprint density at radius 3 is 2.61 bits per heavy atom. The molecule has 0 bridgehead atoms. The summed E-state index contributed by atoms with van der Waals surface area (Å²) in [7, 11) is 0. The van der Waals surface area contributed by atoms with Crippen molar-refractivity contribution in [3.05, 3.63) is 46.0 Å². The molecule has 0 spiro atoms. The van der Waals surface area contributed by atoms with Gasteiger partial charge in [0.05, 0.1) is 11.4 Å². The third-order valence-corrected chi connectivity index (χ3v) is 3.07. The zero-order valence-corrected chi connectivity index (χ0v) is 11.1. The molecule has 1 aromatic carbocycles. The number of carboxylic acids is 1. The third kappa shape index (κ3) is 1.99. The number of aromatic nitrogens is 2. The molecule has 18 heavy (non-hydrogen) atoms. The maximum absolute atomic E-state index is 11.3. The molecular weight excluding hydrogens is 252 g/mol.